The Balaban J connectivity index is -0.000000341. The summed E-state index contributed by atoms with van der Waals surface area (Å²) in [6, 6.07) is 0. The van der Waals surface area contributed by atoms with Gasteiger partial charge in [-0.05, 0) is 40.5 Å². The van der Waals surface area contributed by atoms with Crippen molar-refractivity contribution in [2.75, 3.05) is 0 Å². The minimum Gasteiger partial charge on any atom is -0.490 e. The van der Waals surface area contributed by atoms with Gasteiger partial charge in [-0.3, -0.25) is 9.98 Å². The molecule has 0 N–H and O–H groups in total. The van der Waals surface area contributed by atoms with Crippen LogP contribution in [-0.2, 0) is 9.47 Å². The standard InChI is InChI=1S/C9H13NO.C9H15NO.2C2H6/c1-7(2)10-6-8(3)11-9-4-5-9;1-7(2)10-6-9(5)11-8(3)4;2*1-2/h6,9H,1,3-5H2,2H3;6,8H,1,5H2,2-4H3;2*1-2H3. The lowest BCUT2D eigenvalue weighted by atomic mass is 10.4. The molecule has 0 bridgehead atoms. The highest BCUT2D eigenvalue weighted by Gasteiger charge is 2.23. The van der Waals surface area contributed by atoms with Gasteiger partial charge in [0.1, 0.15) is 11.5 Å². The van der Waals surface area contributed by atoms with E-state index in [0.29, 0.717) is 17.6 Å². The Hall–Kier alpha value is -2.10. The summed E-state index contributed by atoms with van der Waals surface area (Å²) >= 11 is 0. The van der Waals surface area contributed by atoms with E-state index >= 15 is 0 Å². The molecular weight excluding hydrogens is 324 g/mol. The third-order valence-electron chi connectivity index (χ3n) is 2.09. The largest absolute Gasteiger partial charge is 0.490 e. The van der Waals surface area contributed by atoms with E-state index in [9.17, 15) is 0 Å². The molecule has 1 aliphatic rings. The molecule has 0 spiro atoms. The maximum Gasteiger partial charge on any atom is 0.130 e. The fraction of sp³-hybridized carbons (Fsp3) is 0.545. The molecule has 0 saturated heterocycles. The smallest absolute Gasteiger partial charge is 0.130 e. The molecule has 0 aromatic rings. The second kappa shape index (κ2) is 19.2. The van der Waals surface area contributed by atoms with E-state index in [0.717, 1.165) is 24.2 Å². The monoisotopic (exact) mass is 364 g/mol. The van der Waals surface area contributed by atoms with Gasteiger partial charge >= 0.3 is 0 Å². The van der Waals surface area contributed by atoms with Crippen molar-refractivity contribution in [1.82, 2.24) is 0 Å². The Bertz CT molecular complexity index is 435. The zero-order valence-electron chi connectivity index (χ0n) is 18.3. The first kappa shape index (κ1) is 28.7. The Kier molecular flexibility index (Phi) is 21.2. The van der Waals surface area contributed by atoms with Crippen LogP contribution >= 0.6 is 0 Å². The van der Waals surface area contributed by atoms with Crippen molar-refractivity contribution in [3.8, 4) is 0 Å². The molecule has 1 aliphatic carbocycles. The van der Waals surface area contributed by atoms with E-state index < -0.39 is 0 Å². The van der Waals surface area contributed by atoms with Crippen molar-refractivity contribution >= 4 is 12.4 Å². The third kappa shape index (κ3) is 26.8. The van der Waals surface area contributed by atoms with Gasteiger partial charge in [-0.1, -0.05) is 54.0 Å². The minimum absolute atomic E-state index is 0.152. The van der Waals surface area contributed by atoms with Crippen LogP contribution in [0.1, 0.15) is 68.2 Å². The highest BCUT2D eigenvalue weighted by atomic mass is 16.5. The molecule has 4 nitrogen and oxygen atoms in total. The minimum atomic E-state index is 0.152. The summed E-state index contributed by atoms with van der Waals surface area (Å²) < 4.78 is 10.5. The molecule has 0 atom stereocenters. The summed E-state index contributed by atoms with van der Waals surface area (Å²) in [6.07, 6.45) is 6.04. The molecule has 0 heterocycles. The van der Waals surface area contributed by atoms with E-state index in [-0.39, 0.29) is 6.10 Å². The number of allylic oxidation sites excluding steroid dienone is 4. The van der Waals surface area contributed by atoms with Crippen molar-refractivity contribution in [3.63, 3.8) is 0 Å². The topological polar surface area (TPSA) is 43.2 Å². The molecular formula is C22H40N2O2. The van der Waals surface area contributed by atoms with E-state index in [1.807, 2.05) is 55.4 Å². The van der Waals surface area contributed by atoms with Crippen molar-refractivity contribution in [2.24, 2.45) is 9.98 Å². The van der Waals surface area contributed by atoms with Gasteiger partial charge in [0.25, 0.3) is 0 Å². The highest BCUT2D eigenvalue weighted by molar-refractivity contribution is 5.76. The Morgan fingerprint density at radius 1 is 0.846 bits per heavy atom. The summed E-state index contributed by atoms with van der Waals surface area (Å²) in [7, 11) is 0. The average molecular weight is 365 g/mol. The predicted molar refractivity (Wildman–Crippen MR) is 118 cm³/mol. The summed E-state index contributed by atoms with van der Waals surface area (Å²) in [5, 5.41) is 0. The number of ether oxygens (including phenoxy) is 2. The highest BCUT2D eigenvalue weighted by Crippen LogP contribution is 2.25. The number of hydrogen-bond acceptors (Lipinski definition) is 4. The van der Waals surface area contributed by atoms with Crippen molar-refractivity contribution < 1.29 is 9.47 Å². The van der Waals surface area contributed by atoms with E-state index in [1.54, 1.807) is 12.4 Å². The molecule has 0 aliphatic heterocycles. The Morgan fingerprint density at radius 2 is 1.23 bits per heavy atom. The van der Waals surface area contributed by atoms with Gasteiger partial charge in [0.05, 0.1) is 24.6 Å². The Labute approximate surface area is 162 Å². The zero-order chi connectivity index (χ0) is 21.1. The summed E-state index contributed by atoms with van der Waals surface area (Å²) in [4.78, 5) is 7.89. The van der Waals surface area contributed by atoms with Crippen LogP contribution in [0.25, 0.3) is 0 Å². The van der Waals surface area contributed by atoms with Gasteiger partial charge < -0.3 is 9.47 Å². The summed E-state index contributed by atoms with van der Waals surface area (Å²) in [6.45, 7) is 30.1. The van der Waals surface area contributed by atoms with Crippen LogP contribution in [0, 0.1) is 0 Å². The van der Waals surface area contributed by atoms with Crippen LogP contribution in [0.5, 0.6) is 0 Å². The molecule has 0 aromatic heterocycles. The second-order valence-electron chi connectivity index (χ2n) is 5.40. The van der Waals surface area contributed by atoms with Gasteiger partial charge in [-0.25, -0.2) is 0 Å². The van der Waals surface area contributed by atoms with E-state index in [4.69, 9.17) is 9.47 Å². The molecule has 0 amide bonds. The van der Waals surface area contributed by atoms with Crippen LogP contribution in [0.2, 0.25) is 0 Å². The predicted octanol–water partition coefficient (Wildman–Crippen LogP) is 6.87. The Morgan fingerprint density at radius 3 is 1.54 bits per heavy atom. The van der Waals surface area contributed by atoms with E-state index in [1.165, 1.54) is 0 Å². The molecule has 0 radical (unpaired) electrons. The summed E-state index contributed by atoms with van der Waals surface area (Å²) in [5.74, 6) is 1.21. The first-order valence-electron chi connectivity index (χ1n) is 9.31. The van der Waals surface area contributed by atoms with Gasteiger partial charge in [-0.2, -0.15) is 0 Å². The number of aliphatic imine (C=N–C) groups is 2. The number of rotatable bonds is 8. The fourth-order valence-corrected chi connectivity index (χ4v) is 1.13. The fourth-order valence-electron chi connectivity index (χ4n) is 1.13. The SMILES string of the molecule is C=C(C)N=CC(=C)OC(C)C.C=C(C)N=CC(=C)OC1CC1.CC.CC. The molecule has 26 heavy (non-hydrogen) atoms. The summed E-state index contributed by atoms with van der Waals surface area (Å²) in [5.41, 5.74) is 1.52. The van der Waals surface area contributed by atoms with Crippen molar-refractivity contribution in [3.05, 3.63) is 49.2 Å². The quantitative estimate of drug-likeness (QED) is 0.348. The molecule has 150 valence electrons. The second-order valence-corrected chi connectivity index (χ2v) is 5.40. The van der Waals surface area contributed by atoms with Gasteiger partial charge in [-0.15, -0.1) is 0 Å². The lowest BCUT2D eigenvalue weighted by Crippen LogP contribution is -2.01. The maximum absolute atomic E-state index is 5.33. The lowest BCUT2D eigenvalue weighted by molar-refractivity contribution is 0.166. The van der Waals surface area contributed by atoms with Gasteiger partial charge in [0.15, 0.2) is 0 Å². The van der Waals surface area contributed by atoms with Gasteiger partial charge in [0.2, 0.25) is 0 Å². The third-order valence-corrected chi connectivity index (χ3v) is 2.09. The molecule has 1 rings (SSSR count). The first-order valence-corrected chi connectivity index (χ1v) is 9.31. The van der Waals surface area contributed by atoms with Crippen LogP contribution in [0.15, 0.2) is 59.2 Å². The van der Waals surface area contributed by atoms with Crippen molar-refractivity contribution in [2.45, 2.75) is 80.4 Å². The first-order chi connectivity index (χ1) is 12.2. The normalized spacial score (nSPS) is 12.0. The molecule has 4 heteroatoms. The molecule has 0 aromatic carbocycles. The number of hydrogen-bond donors (Lipinski definition) is 0. The van der Waals surface area contributed by atoms with Crippen LogP contribution < -0.4 is 0 Å². The van der Waals surface area contributed by atoms with E-state index in [2.05, 4.69) is 36.3 Å². The maximum atomic E-state index is 5.33. The number of nitrogens with zero attached hydrogens (tertiary/aromatic N) is 2. The van der Waals surface area contributed by atoms with Gasteiger partial charge in [0, 0.05) is 11.4 Å². The van der Waals surface area contributed by atoms with Crippen LogP contribution in [0.4, 0.5) is 0 Å². The van der Waals surface area contributed by atoms with Crippen molar-refractivity contribution in [1.29, 1.82) is 0 Å². The molecule has 1 fully saturated rings. The lowest BCUT2D eigenvalue weighted by Gasteiger charge is -2.07. The molecule has 0 unspecified atom stereocenters. The van der Waals surface area contributed by atoms with Crippen LogP contribution in [0.3, 0.4) is 0 Å². The van der Waals surface area contributed by atoms with Crippen LogP contribution in [-0.4, -0.2) is 24.6 Å². The zero-order valence-corrected chi connectivity index (χ0v) is 18.3. The molecule has 1 saturated carbocycles. The average Bonchev–Trinajstić information content (AvgIpc) is 3.39.